The molecule has 0 aliphatic heterocycles. The first-order chi connectivity index (χ1) is 11.1. The third-order valence-corrected chi connectivity index (χ3v) is 3.75. The first kappa shape index (κ1) is 16.6. The second-order valence-electron chi connectivity index (χ2n) is 5.46. The van der Waals surface area contributed by atoms with Gasteiger partial charge >= 0.3 is 0 Å². The lowest BCUT2D eigenvalue weighted by atomic mass is 10.0. The highest BCUT2D eigenvalue weighted by Gasteiger charge is 2.09. The summed E-state index contributed by atoms with van der Waals surface area (Å²) >= 11 is 0. The minimum absolute atomic E-state index is 0.160. The molecular formula is C19H22N4. The van der Waals surface area contributed by atoms with Gasteiger partial charge in [0, 0.05) is 13.6 Å². The van der Waals surface area contributed by atoms with E-state index in [4.69, 9.17) is 5.26 Å². The molecule has 0 radical (unpaired) electrons. The van der Waals surface area contributed by atoms with E-state index in [0.717, 1.165) is 11.5 Å². The summed E-state index contributed by atoms with van der Waals surface area (Å²) in [6.07, 6.45) is 0. The molecule has 0 bridgehead atoms. The van der Waals surface area contributed by atoms with Gasteiger partial charge < -0.3 is 10.6 Å². The number of aryl methyl sites for hydroxylation is 1. The Bertz CT molecular complexity index is 728. The Morgan fingerprint density at radius 2 is 2.00 bits per heavy atom. The molecule has 0 saturated carbocycles. The molecule has 2 N–H and O–H groups in total. The van der Waals surface area contributed by atoms with Gasteiger partial charge in [-0.15, -0.1) is 0 Å². The lowest BCUT2D eigenvalue weighted by Crippen LogP contribution is -2.38. The third-order valence-electron chi connectivity index (χ3n) is 3.75. The van der Waals surface area contributed by atoms with Crippen molar-refractivity contribution in [3.05, 3.63) is 70.8 Å². The van der Waals surface area contributed by atoms with Crippen LogP contribution in [0.15, 0.2) is 53.5 Å². The van der Waals surface area contributed by atoms with Crippen molar-refractivity contribution in [2.24, 2.45) is 4.99 Å². The van der Waals surface area contributed by atoms with Gasteiger partial charge in [0.05, 0.1) is 17.7 Å². The highest BCUT2D eigenvalue weighted by molar-refractivity contribution is 5.80. The quantitative estimate of drug-likeness (QED) is 0.673. The molecule has 0 amide bonds. The molecule has 0 fully saturated rings. The molecule has 2 aromatic carbocycles. The van der Waals surface area contributed by atoms with E-state index in [0.29, 0.717) is 12.1 Å². The normalized spacial score (nSPS) is 12.3. The predicted octanol–water partition coefficient (Wildman–Crippen LogP) is 3.29. The Morgan fingerprint density at radius 1 is 1.22 bits per heavy atom. The number of guanidine groups is 1. The van der Waals surface area contributed by atoms with E-state index in [1.165, 1.54) is 11.1 Å². The third kappa shape index (κ3) is 4.58. The van der Waals surface area contributed by atoms with Crippen LogP contribution >= 0.6 is 0 Å². The van der Waals surface area contributed by atoms with Crippen molar-refractivity contribution < 1.29 is 0 Å². The highest BCUT2D eigenvalue weighted by atomic mass is 15.2. The maximum absolute atomic E-state index is 8.95. The van der Waals surface area contributed by atoms with E-state index < -0.39 is 0 Å². The van der Waals surface area contributed by atoms with Crippen molar-refractivity contribution in [3.63, 3.8) is 0 Å². The Balaban J connectivity index is 1.98. The van der Waals surface area contributed by atoms with Gasteiger partial charge in [0.25, 0.3) is 0 Å². The van der Waals surface area contributed by atoms with Gasteiger partial charge in [-0.2, -0.15) is 5.26 Å². The number of benzene rings is 2. The molecule has 23 heavy (non-hydrogen) atoms. The largest absolute Gasteiger partial charge is 0.352 e. The molecule has 0 aromatic heterocycles. The van der Waals surface area contributed by atoms with E-state index in [9.17, 15) is 0 Å². The van der Waals surface area contributed by atoms with Crippen LogP contribution in [0.2, 0.25) is 0 Å². The lowest BCUT2D eigenvalue weighted by Gasteiger charge is -2.20. The molecule has 118 valence electrons. The number of hydrogen-bond acceptors (Lipinski definition) is 2. The number of aliphatic imine (C=N–C) groups is 1. The number of hydrogen-bond donors (Lipinski definition) is 2. The van der Waals surface area contributed by atoms with Crippen LogP contribution in [0, 0.1) is 18.3 Å². The summed E-state index contributed by atoms with van der Waals surface area (Å²) in [5, 5.41) is 15.6. The van der Waals surface area contributed by atoms with Gasteiger partial charge in [-0.25, -0.2) is 0 Å². The summed E-state index contributed by atoms with van der Waals surface area (Å²) in [6.45, 7) is 4.85. The van der Waals surface area contributed by atoms with Crippen LogP contribution in [0.3, 0.4) is 0 Å². The predicted molar refractivity (Wildman–Crippen MR) is 94.1 cm³/mol. The summed E-state index contributed by atoms with van der Waals surface area (Å²) in [6, 6.07) is 18.2. The van der Waals surface area contributed by atoms with Crippen LogP contribution in [-0.2, 0) is 6.54 Å². The topological polar surface area (TPSA) is 60.2 Å². The molecule has 2 aromatic rings. The van der Waals surface area contributed by atoms with Crippen LogP contribution in [0.25, 0.3) is 0 Å². The van der Waals surface area contributed by atoms with Crippen molar-refractivity contribution in [1.29, 1.82) is 5.26 Å². The zero-order valence-electron chi connectivity index (χ0n) is 13.8. The van der Waals surface area contributed by atoms with Crippen molar-refractivity contribution >= 4 is 5.96 Å². The molecule has 0 saturated heterocycles. The maximum Gasteiger partial charge on any atom is 0.191 e. The Kier molecular flexibility index (Phi) is 5.76. The van der Waals surface area contributed by atoms with Gasteiger partial charge in [-0.05, 0) is 42.7 Å². The van der Waals surface area contributed by atoms with E-state index >= 15 is 0 Å². The van der Waals surface area contributed by atoms with Crippen LogP contribution in [0.5, 0.6) is 0 Å². The number of rotatable bonds is 4. The molecule has 4 nitrogen and oxygen atoms in total. The molecule has 1 atom stereocenters. The number of nitrogens with zero attached hydrogens (tertiary/aromatic N) is 2. The molecule has 0 aliphatic rings. The minimum atomic E-state index is 0.160. The average molecular weight is 306 g/mol. The lowest BCUT2D eigenvalue weighted by molar-refractivity contribution is 0.681. The Morgan fingerprint density at radius 3 is 2.70 bits per heavy atom. The Labute approximate surface area is 137 Å². The monoisotopic (exact) mass is 306 g/mol. The smallest absolute Gasteiger partial charge is 0.191 e. The fourth-order valence-corrected chi connectivity index (χ4v) is 2.49. The second kappa shape index (κ2) is 8.00. The molecular weight excluding hydrogens is 284 g/mol. The molecule has 0 heterocycles. The fraction of sp³-hybridized carbons (Fsp3) is 0.263. The second-order valence-corrected chi connectivity index (χ2v) is 5.46. The maximum atomic E-state index is 8.95. The summed E-state index contributed by atoms with van der Waals surface area (Å²) in [5.74, 6) is 0.739. The van der Waals surface area contributed by atoms with E-state index in [2.05, 4.69) is 47.7 Å². The van der Waals surface area contributed by atoms with E-state index in [1.807, 2.05) is 30.3 Å². The van der Waals surface area contributed by atoms with Crippen molar-refractivity contribution in [2.75, 3.05) is 7.05 Å². The molecule has 1 unspecified atom stereocenters. The standard InChI is InChI=1S/C19H22N4/c1-14-7-4-5-10-18(14)15(2)23-19(21-3)22-13-17-9-6-8-16(11-17)12-20/h4-11,15H,13H2,1-3H3,(H2,21,22,23). The van der Waals surface area contributed by atoms with Gasteiger partial charge in [0.1, 0.15) is 0 Å². The van der Waals surface area contributed by atoms with Crippen LogP contribution < -0.4 is 10.6 Å². The molecule has 0 aliphatic carbocycles. The zero-order chi connectivity index (χ0) is 16.7. The van der Waals surface area contributed by atoms with E-state index in [-0.39, 0.29) is 6.04 Å². The summed E-state index contributed by atoms with van der Waals surface area (Å²) < 4.78 is 0. The number of nitrogens with one attached hydrogen (secondary N) is 2. The Hall–Kier alpha value is -2.80. The van der Waals surface area contributed by atoms with Gasteiger partial charge in [-0.3, -0.25) is 4.99 Å². The summed E-state index contributed by atoms with van der Waals surface area (Å²) in [5.41, 5.74) is 4.22. The minimum Gasteiger partial charge on any atom is -0.352 e. The summed E-state index contributed by atoms with van der Waals surface area (Å²) in [4.78, 5) is 4.27. The zero-order valence-corrected chi connectivity index (χ0v) is 13.8. The van der Waals surface area contributed by atoms with Gasteiger partial charge in [0.15, 0.2) is 5.96 Å². The van der Waals surface area contributed by atoms with Gasteiger partial charge in [-0.1, -0.05) is 36.4 Å². The van der Waals surface area contributed by atoms with Crippen LogP contribution in [0.1, 0.15) is 35.2 Å². The number of nitriles is 1. The summed E-state index contributed by atoms with van der Waals surface area (Å²) in [7, 11) is 1.76. The molecule has 0 spiro atoms. The van der Waals surface area contributed by atoms with Crippen molar-refractivity contribution in [2.45, 2.75) is 26.4 Å². The van der Waals surface area contributed by atoms with Crippen LogP contribution in [0.4, 0.5) is 0 Å². The average Bonchev–Trinajstić information content (AvgIpc) is 2.59. The highest BCUT2D eigenvalue weighted by Crippen LogP contribution is 2.16. The molecule has 4 heteroatoms. The van der Waals surface area contributed by atoms with Crippen LogP contribution in [-0.4, -0.2) is 13.0 Å². The van der Waals surface area contributed by atoms with Crippen molar-refractivity contribution in [3.8, 4) is 6.07 Å². The fourth-order valence-electron chi connectivity index (χ4n) is 2.49. The first-order valence-corrected chi connectivity index (χ1v) is 7.65. The van der Waals surface area contributed by atoms with Crippen molar-refractivity contribution in [1.82, 2.24) is 10.6 Å². The molecule has 2 rings (SSSR count). The SMILES string of the molecule is CN=C(NCc1cccc(C#N)c1)NC(C)c1ccccc1C. The first-order valence-electron chi connectivity index (χ1n) is 7.65. The van der Waals surface area contributed by atoms with Gasteiger partial charge in [0.2, 0.25) is 0 Å². The van der Waals surface area contributed by atoms with E-state index in [1.54, 1.807) is 13.1 Å².